The van der Waals surface area contributed by atoms with E-state index in [1.54, 1.807) is 30.3 Å². The van der Waals surface area contributed by atoms with Crippen LogP contribution in [0.5, 0.6) is 0 Å². The monoisotopic (exact) mass is 362 g/mol. The lowest BCUT2D eigenvalue weighted by Gasteiger charge is -2.06. The molecule has 0 aliphatic heterocycles. The van der Waals surface area contributed by atoms with Crippen LogP contribution in [-0.4, -0.2) is 18.4 Å². The molecule has 0 unspecified atom stereocenters. The van der Waals surface area contributed by atoms with Gasteiger partial charge in [0.15, 0.2) is 10.4 Å². The van der Waals surface area contributed by atoms with Crippen molar-refractivity contribution in [3.05, 3.63) is 58.0 Å². The lowest BCUT2D eigenvalue weighted by atomic mass is 10.2. The van der Waals surface area contributed by atoms with Crippen LogP contribution in [0.15, 0.2) is 45.5 Å². The van der Waals surface area contributed by atoms with Gasteiger partial charge in [0.25, 0.3) is 5.91 Å². The van der Waals surface area contributed by atoms with E-state index in [1.807, 2.05) is 6.07 Å². The fourth-order valence-electron chi connectivity index (χ4n) is 1.57. The maximum atomic E-state index is 11.6. The predicted molar refractivity (Wildman–Crippen MR) is 79.7 cm³/mol. The SMILES string of the molecule is N#Cc1ccc(COC(=O)CNC(=O)c2ccc(Br)o2)cc1. The number of halogens is 1. The second kappa shape index (κ2) is 7.43. The zero-order valence-electron chi connectivity index (χ0n) is 11.3. The molecule has 0 spiro atoms. The minimum atomic E-state index is -0.566. The average molecular weight is 363 g/mol. The number of carbonyl (C=O) groups is 2. The van der Waals surface area contributed by atoms with Gasteiger partial charge in [-0.1, -0.05) is 12.1 Å². The Balaban J connectivity index is 1.76. The van der Waals surface area contributed by atoms with Crippen molar-refractivity contribution in [1.82, 2.24) is 5.32 Å². The van der Waals surface area contributed by atoms with E-state index in [0.29, 0.717) is 10.2 Å². The van der Waals surface area contributed by atoms with Crippen molar-refractivity contribution in [1.29, 1.82) is 5.26 Å². The molecule has 1 amide bonds. The first-order chi connectivity index (χ1) is 10.6. The highest BCUT2D eigenvalue weighted by Gasteiger charge is 2.12. The Kier molecular flexibility index (Phi) is 5.33. The van der Waals surface area contributed by atoms with Crippen LogP contribution in [0.1, 0.15) is 21.7 Å². The Morgan fingerprint density at radius 3 is 2.55 bits per heavy atom. The van der Waals surface area contributed by atoms with Gasteiger partial charge in [-0.05, 0) is 45.8 Å². The van der Waals surface area contributed by atoms with Gasteiger partial charge in [0, 0.05) is 0 Å². The molecule has 0 aliphatic rings. The molecule has 0 saturated carbocycles. The van der Waals surface area contributed by atoms with E-state index in [9.17, 15) is 9.59 Å². The number of hydrogen-bond acceptors (Lipinski definition) is 5. The van der Waals surface area contributed by atoms with Crippen molar-refractivity contribution in [2.24, 2.45) is 0 Å². The molecule has 2 aromatic rings. The average Bonchev–Trinajstić information content (AvgIpc) is 2.97. The summed E-state index contributed by atoms with van der Waals surface area (Å²) in [6.45, 7) is -0.180. The number of amides is 1. The van der Waals surface area contributed by atoms with E-state index in [1.165, 1.54) is 6.07 Å². The largest absolute Gasteiger partial charge is 0.460 e. The molecule has 1 heterocycles. The van der Waals surface area contributed by atoms with Gasteiger partial charge in [-0.2, -0.15) is 5.26 Å². The lowest BCUT2D eigenvalue weighted by Crippen LogP contribution is -2.30. The molecule has 0 aliphatic carbocycles. The van der Waals surface area contributed by atoms with Gasteiger partial charge in [0.05, 0.1) is 11.6 Å². The van der Waals surface area contributed by atoms with Crippen LogP contribution in [0, 0.1) is 11.3 Å². The summed E-state index contributed by atoms with van der Waals surface area (Å²) in [5, 5.41) is 11.1. The first-order valence-corrected chi connectivity index (χ1v) is 7.06. The highest BCUT2D eigenvalue weighted by molar-refractivity contribution is 9.10. The maximum absolute atomic E-state index is 11.6. The van der Waals surface area contributed by atoms with E-state index < -0.39 is 11.9 Å². The van der Waals surface area contributed by atoms with Crippen LogP contribution in [0.3, 0.4) is 0 Å². The number of nitrogens with zero attached hydrogens (tertiary/aromatic N) is 1. The Hall–Kier alpha value is -2.59. The van der Waals surface area contributed by atoms with Crippen molar-refractivity contribution in [2.75, 3.05) is 6.54 Å². The maximum Gasteiger partial charge on any atom is 0.325 e. The number of esters is 1. The van der Waals surface area contributed by atoms with Gasteiger partial charge in [0.1, 0.15) is 13.2 Å². The lowest BCUT2D eigenvalue weighted by molar-refractivity contribution is -0.143. The van der Waals surface area contributed by atoms with Crippen LogP contribution in [0.4, 0.5) is 0 Å². The summed E-state index contributed by atoms with van der Waals surface area (Å²) < 4.78 is 10.5. The summed E-state index contributed by atoms with van der Waals surface area (Å²) in [6, 6.07) is 11.7. The van der Waals surface area contributed by atoms with E-state index in [-0.39, 0.29) is 18.9 Å². The normalized spacial score (nSPS) is 9.82. The Labute approximate surface area is 134 Å². The summed E-state index contributed by atoms with van der Waals surface area (Å²) in [6.07, 6.45) is 0. The third kappa shape index (κ3) is 4.46. The van der Waals surface area contributed by atoms with Gasteiger partial charge in [-0.3, -0.25) is 9.59 Å². The number of furan rings is 1. The van der Waals surface area contributed by atoms with Gasteiger partial charge in [0.2, 0.25) is 0 Å². The number of hydrogen-bond donors (Lipinski definition) is 1. The molecule has 1 aromatic carbocycles. The first kappa shape index (κ1) is 15.8. The van der Waals surface area contributed by atoms with Crippen LogP contribution < -0.4 is 5.32 Å². The van der Waals surface area contributed by atoms with Crippen LogP contribution in [0.25, 0.3) is 0 Å². The number of rotatable bonds is 5. The molecule has 1 aromatic heterocycles. The molecule has 2 rings (SSSR count). The predicted octanol–water partition coefficient (Wildman–Crippen LogP) is 2.39. The number of nitriles is 1. The quantitative estimate of drug-likeness (QED) is 0.824. The fraction of sp³-hybridized carbons (Fsp3) is 0.133. The van der Waals surface area contributed by atoms with Crippen molar-refractivity contribution < 1.29 is 18.7 Å². The van der Waals surface area contributed by atoms with Gasteiger partial charge in [-0.15, -0.1) is 0 Å². The Bertz CT molecular complexity index is 716. The van der Waals surface area contributed by atoms with Crippen LogP contribution in [0.2, 0.25) is 0 Å². The summed E-state index contributed by atoms with van der Waals surface area (Å²) >= 11 is 3.08. The second-order valence-corrected chi connectivity index (χ2v) is 5.04. The van der Waals surface area contributed by atoms with E-state index in [4.69, 9.17) is 14.4 Å². The highest BCUT2D eigenvalue weighted by Crippen LogP contribution is 2.13. The van der Waals surface area contributed by atoms with E-state index in [0.717, 1.165) is 5.56 Å². The smallest absolute Gasteiger partial charge is 0.325 e. The Morgan fingerprint density at radius 1 is 1.23 bits per heavy atom. The Morgan fingerprint density at radius 2 is 1.95 bits per heavy atom. The number of nitrogens with one attached hydrogen (secondary N) is 1. The summed E-state index contributed by atoms with van der Waals surface area (Å²) in [7, 11) is 0. The molecule has 0 bridgehead atoms. The van der Waals surface area contributed by atoms with Crippen LogP contribution >= 0.6 is 15.9 Å². The third-order valence-electron chi connectivity index (χ3n) is 2.67. The molecular weight excluding hydrogens is 352 g/mol. The molecule has 1 N–H and O–H groups in total. The molecule has 0 atom stereocenters. The van der Waals surface area contributed by atoms with Crippen molar-refractivity contribution in [3.8, 4) is 6.07 Å². The number of benzene rings is 1. The van der Waals surface area contributed by atoms with Crippen molar-refractivity contribution in [3.63, 3.8) is 0 Å². The first-order valence-electron chi connectivity index (χ1n) is 6.26. The molecule has 22 heavy (non-hydrogen) atoms. The fourth-order valence-corrected chi connectivity index (χ4v) is 1.87. The number of carbonyl (C=O) groups excluding carboxylic acids is 2. The highest BCUT2D eigenvalue weighted by atomic mass is 79.9. The van der Waals surface area contributed by atoms with Gasteiger partial charge in [-0.25, -0.2) is 0 Å². The van der Waals surface area contributed by atoms with Gasteiger partial charge >= 0.3 is 5.97 Å². The van der Waals surface area contributed by atoms with Crippen molar-refractivity contribution in [2.45, 2.75) is 6.61 Å². The van der Waals surface area contributed by atoms with E-state index in [2.05, 4.69) is 21.2 Å². The minimum Gasteiger partial charge on any atom is -0.460 e. The molecule has 0 fully saturated rings. The molecule has 0 radical (unpaired) electrons. The molecule has 6 nitrogen and oxygen atoms in total. The molecule has 7 heteroatoms. The van der Waals surface area contributed by atoms with E-state index >= 15 is 0 Å². The zero-order chi connectivity index (χ0) is 15.9. The van der Waals surface area contributed by atoms with Crippen molar-refractivity contribution >= 4 is 27.8 Å². The molecule has 0 saturated heterocycles. The standard InChI is InChI=1S/C15H11BrN2O4/c16-13-6-5-12(22-13)15(20)18-8-14(19)21-9-11-3-1-10(7-17)2-4-11/h1-6H,8-9H2,(H,18,20). The number of ether oxygens (including phenoxy) is 1. The summed E-state index contributed by atoms with van der Waals surface area (Å²) in [5.74, 6) is -0.962. The third-order valence-corrected chi connectivity index (χ3v) is 3.10. The second-order valence-electron chi connectivity index (χ2n) is 4.26. The topological polar surface area (TPSA) is 92.3 Å². The summed E-state index contributed by atoms with van der Waals surface area (Å²) in [4.78, 5) is 23.2. The molecular formula is C15H11BrN2O4. The van der Waals surface area contributed by atoms with Crippen LogP contribution in [-0.2, 0) is 16.1 Å². The molecule has 112 valence electrons. The zero-order valence-corrected chi connectivity index (χ0v) is 12.9. The minimum absolute atomic E-state index is 0.0761. The summed E-state index contributed by atoms with van der Waals surface area (Å²) in [5.41, 5.74) is 1.29. The van der Waals surface area contributed by atoms with Gasteiger partial charge < -0.3 is 14.5 Å².